The fourth-order valence-electron chi connectivity index (χ4n) is 5.39. The first-order valence-electron chi connectivity index (χ1n) is 13.3. The van der Waals surface area contributed by atoms with Gasteiger partial charge in [0.2, 0.25) is 5.62 Å². The van der Waals surface area contributed by atoms with E-state index < -0.39 is 0 Å². The molecule has 0 saturated heterocycles. The van der Waals surface area contributed by atoms with E-state index in [-0.39, 0.29) is 23.1 Å². The number of hydrogen-bond acceptors (Lipinski definition) is 5. The summed E-state index contributed by atoms with van der Waals surface area (Å²) in [6, 6.07) is 15.8. The Labute approximate surface area is 222 Å². The van der Waals surface area contributed by atoms with Gasteiger partial charge >= 0.3 is 0 Å². The van der Waals surface area contributed by atoms with Crippen molar-refractivity contribution in [2.45, 2.75) is 45.1 Å². The SMILES string of the molecule is CC1CC(c2ccccn2)=CC=C1CN=C(Nc1ccccc1)c1c(N)n(C2CCCC2)c(=N)n(C)c1=O. The van der Waals surface area contributed by atoms with Gasteiger partial charge in [-0.15, -0.1) is 0 Å². The summed E-state index contributed by atoms with van der Waals surface area (Å²) >= 11 is 0. The zero-order valence-electron chi connectivity index (χ0n) is 22.0. The fourth-order valence-corrected chi connectivity index (χ4v) is 5.39. The van der Waals surface area contributed by atoms with Gasteiger partial charge in [-0.3, -0.25) is 29.3 Å². The predicted octanol–water partition coefficient (Wildman–Crippen LogP) is 4.67. The zero-order chi connectivity index (χ0) is 26.6. The number of nitrogens with one attached hydrogen (secondary N) is 2. The number of rotatable bonds is 6. The molecule has 1 atom stereocenters. The standard InChI is InChI=1S/C30H35N7O/c1-20-18-21(25-14-8-9-17-33-25)15-16-22(20)19-34-28(35-23-10-4-3-5-11-23)26-27(31)37(24-12-6-7-13-24)30(32)36(2)29(26)38/h3-5,8-11,14-17,20,24,32H,6-7,12-13,18-19,31H2,1-2H3,(H,34,35). The molecule has 0 spiro atoms. The molecule has 2 heterocycles. The lowest BCUT2D eigenvalue weighted by molar-refractivity contribution is 0.467. The number of allylic oxidation sites excluding steroid dienone is 3. The Hall–Kier alpha value is -4.20. The number of nitrogen functional groups attached to an aromatic ring is 1. The lowest BCUT2D eigenvalue weighted by Gasteiger charge is -2.23. The molecule has 3 aromatic rings. The van der Waals surface area contributed by atoms with Gasteiger partial charge in [-0.25, -0.2) is 0 Å². The summed E-state index contributed by atoms with van der Waals surface area (Å²) in [5.74, 6) is 1.00. The van der Waals surface area contributed by atoms with Gasteiger partial charge in [0.15, 0.2) is 0 Å². The van der Waals surface area contributed by atoms with Crippen LogP contribution in [0.25, 0.3) is 5.57 Å². The van der Waals surface area contributed by atoms with Gasteiger partial charge in [-0.2, -0.15) is 0 Å². The van der Waals surface area contributed by atoms with E-state index in [1.54, 1.807) is 7.05 Å². The highest BCUT2D eigenvalue weighted by Gasteiger charge is 2.26. The van der Waals surface area contributed by atoms with E-state index in [9.17, 15) is 4.79 Å². The lowest BCUT2D eigenvalue weighted by Crippen LogP contribution is -2.44. The number of hydrogen-bond donors (Lipinski definition) is 3. The second kappa shape index (κ2) is 11.0. The third-order valence-corrected chi connectivity index (χ3v) is 7.61. The first kappa shape index (κ1) is 25.4. The highest BCUT2D eigenvalue weighted by atomic mass is 16.1. The fraction of sp³-hybridized carbons (Fsp3) is 0.333. The number of anilines is 2. The average molecular weight is 510 g/mol. The third-order valence-electron chi connectivity index (χ3n) is 7.61. The van der Waals surface area contributed by atoms with Crippen molar-refractivity contribution < 1.29 is 0 Å². The van der Waals surface area contributed by atoms with Crippen molar-refractivity contribution in [3.63, 3.8) is 0 Å². The van der Waals surface area contributed by atoms with Crippen LogP contribution in [0.15, 0.2) is 82.2 Å². The molecule has 38 heavy (non-hydrogen) atoms. The monoisotopic (exact) mass is 509 g/mol. The number of para-hydroxylation sites is 1. The molecule has 1 aromatic carbocycles. The Morgan fingerprint density at radius 1 is 1.13 bits per heavy atom. The Bertz CT molecular complexity index is 1510. The minimum absolute atomic E-state index is 0.113. The summed E-state index contributed by atoms with van der Waals surface area (Å²) in [4.78, 5) is 23.0. The molecular weight excluding hydrogens is 474 g/mol. The lowest BCUT2D eigenvalue weighted by atomic mass is 9.87. The quantitative estimate of drug-likeness (QED) is 0.331. The number of nitrogens with two attached hydrogens (primary N) is 1. The number of nitrogens with zero attached hydrogens (tertiary/aromatic N) is 4. The van der Waals surface area contributed by atoms with Gasteiger partial charge in [-0.1, -0.05) is 56.2 Å². The molecule has 5 rings (SSSR count). The van der Waals surface area contributed by atoms with Gasteiger partial charge in [0.25, 0.3) is 5.56 Å². The molecule has 0 amide bonds. The van der Waals surface area contributed by atoms with Crippen molar-refractivity contribution in [3.05, 3.63) is 99.7 Å². The van der Waals surface area contributed by atoms with Crippen LogP contribution in [0.3, 0.4) is 0 Å². The summed E-state index contributed by atoms with van der Waals surface area (Å²) in [5, 5.41) is 12.0. The smallest absolute Gasteiger partial charge is 0.267 e. The van der Waals surface area contributed by atoms with Crippen LogP contribution in [0, 0.1) is 11.3 Å². The number of pyridine rings is 1. The van der Waals surface area contributed by atoms with E-state index in [0.29, 0.717) is 23.8 Å². The summed E-state index contributed by atoms with van der Waals surface area (Å²) in [6.07, 6.45) is 11.0. The molecule has 8 nitrogen and oxygen atoms in total. The second-order valence-corrected chi connectivity index (χ2v) is 10.2. The Kier molecular flexibility index (Phi) is 7.40. The molecule has 0 radical (unpaired) electrons. The van der Waals surface area contributed by atoms with Crippen LogP contribution in [-0.2, 0) is 7.05 Å². The first-order chi connectivity index (χ1) is 18.4. The van der Waals surface area contributed by atoms with Crippen molar-refractivity contribution in [2.75, 3.05) is 17.6 Å². The highest BCUT2D eigenvalue weighted by molar-refractivity contribution is 6.10. The number of aromatic nitrogens is 3. The topological polar surface area (TPSA) is 114 Å². The molecule has 8 heteroatoms. The van der Waals surface area contributed by atoms with E-state index in [1.165, 1.54) is 15.7 Å². The van der Waals surface area contributed by atoms with E-state index in [4.69, 9.17) is 16.1 Å². The van der Waals surface area contributed by atoms with Crippen molar-refractivity contribution in [3.8, 4) is 0 Å². The van der Waals surface area contributed by atoms with Gasteiger partial charge in [-0.05, 0) is 60.6 Å². The van der Waals surface area contributed by atoms with Gasteiger partial charge in [0, 0.05) is 25.0 Å². The van der Waals surface area contributed by atoms with Crippen LogP contribution in [0.4, 0.5) is 11.5 Å². The molecule has 1 saturated carbocycles. The van der Waals surface area contributed by atoms with E-state index in [2.05, 4.69) is 29.4 Å². The maximum Gasteiger partial charge on any atom is 0.267 e. The molecule has 2 aliphatic carbocycles. The van der Waals surface area contributed by atoms with Crippen molar-refractivity contribution in [1.82, 2.24) is 14.1 Å². The minimum atomic E-state index is -0.327. The molecule has 0 bridgehead atoms. The summed E-state index contributed by atoms with van der Waals surface area (Å²) in [7, 11) is 1.63. The van der Waals surface area contributed by atoms with Crippen LogP contribution in [-0.4, -0.2) is 26.5 Å². The van der Waals surface area contributed by atoms with Gasteiger partial charge < -0.3 is 11.1 Å². The minimum Gasteiger partial charge on any atom is -0.384 e. The normalized spacial score (nSPS) is 18.3. The highest BCUT2D eigenvalue weighted by Crippen LogP contribution is 2.32. The molecule has 2 aliphatic rings. The molecule has 0 aliphatic heterocycles. The average Bonchev–Trinajstić information content (AvgIpc) is 3.46. The largest absolute Gasteiger partial charge is 0.384 e. The predicted molar refractivity (Wildman–Crippen MR) is 153 cm³/mol. The van der Waals surface area contributed by atoms with Crippen molar-refractivity contribution in [1.29, 1.82) is 5.41 Å². The number of amidine groups is 1. The van der Waals surface area contributed by atoms with Crippen LogP contribution >= 0.6 is 0 Å². The molecule has 1 unspecified atom stereocenters. The van der Waals surface area contributed by atoms with E-state index >= 15 is 0 Å². The molecule has 1 fully saturated rings. The molecule has 4 N–H and O–H groups in total. The zero-order valence-corrected chi connectivity index (χ0v) is 22.0. The van der Waals surface area contributed by atoms with Crippen molar-refractivity contribution >= 4 is 22.9 Å². The van der Waals surface area contributed by atoms with Crippen molar-refractivity contribution in [2.24, 2.45) is 18.0 Å². The number of benzene rings is 1. The molecule has 196 valence electrons. The summed E-state index contributed by atoms with van der Waals surface area (Å²) in [5.41, 5.74) is 11.0. The van der Waals surface area contributed by atoms with Crippen LogP contribution < -0.4 is 22.2 Å². The summed E-state index contributed by atoms with van der Waals surface area (Å²) < 4.78 is 3.19. The Balaban J connectivity index is 1.56. The van der Waals surface area contributed by atoms with Crippen LogP contribution in [0.2, 0.25) is 0 Å². The van der Waals surface area contributed by atoms with Crippen LogP contribution in [0.1, 0.15) is 56.3 Å². The van der Waals surface area contributed by atoms with Crippen LogP contribution in [0.5, 0.6) is 0 Å². The first-order valence-corrected chi connectivity index (χ1v) is 13.3. The maximum absolute atomic E-state index is 13.5. The maximum atomic E-state index is 13.5. The number of aliphatic imine (C=N–C) groups is 1. The molecule has 2 aromatic heterocycles. The Morgan fingerprint density at radius 2 is 1.87 bits per heavy atom. The third kappa shape index (κ3) is 5.11. The van der Waals surface area contributed by atoms with Gasteiger partial charge in [0.05, 0.1) is 12.2 Å². The van der Waals surface area contributed by atoms with Gasteiger partial charge in [0.1, 0.15) is 17.2 Å². The second-order valence-electron chi connectivity index (χ2n) is 10.2. The summed E-state index contributed by atoms with van der Waals surface area (Å²) in [6.45, 7) is 2.62. The van der Waals surface area contributed by atoms with E-state index in [1.807, 2.05) is 59.3 Å². The molecular formula is C30H35N7O. The van der Waals surface area contributed by atoms with E-state index in [0.717, 1.165) is 43.5 Å². The Morgan fingerprint density at radius 3 is 2.55 bits per heavy atom.